The van der Waals surface area contributed by atoms with E-state index in [9.17, 15) is 14.7 Å². The van der Waals surface area contributed by atoms with Gasteiger partial charge in [-0.3, -0.25) is 4.79 Å². The van der Waals surface area contributed by atoms with E-state index in [1.165, 1.54) is 0 Å². The number of carbonyl (C=O) groups is 2. The molecule has 2 atom stereocenters. The Morgan fingerprint density at radius 3 is 3.05 bits per heavy atom. The predicted molar refractivity (Wildman–Crippen MR) is 66.3 cm³/mol. The number of ether oxygens (including phenoxy) is 2. The number of aliphatic hydroxyl groups is 1. The summed E-state index contributed by atoms with van der Waals surface area (Å²) < 4.78 is 9.98. The maximum atomic E-state index is 11.9. The average molecular weight is 265 g/mol. The topological polar surface area (TPSA) is 84.9 Å². The molecule has 0 saturated carbocycles. The zero-order chi connectivity index (χ0) is 13.8. The van der Waals surface area contributed by atoms with E-state index in [0.29, 0.717) is 5.69 Å². The van der Waals surface area contributed by atoms with E-state index in [-0.39, 0.29) is 13.2 Å². The van der Waals surface area contributed by atoms with Crippen molar-refractivity contribution in [1.82, 2.24) is 0 Å². The van der Waals surface area contributed by atoms with Crippen molar-refractivity contribution < 1.29 is 24.2 Å². The summed E-state index contributed by atoms with van der Waals surface area (Å²) >= 11 is 0. The Morgan fingerprint density at radius 1 is 1.58 bits per heavy atom. The first-order chi connectivity index (χ1) is 9.13. The van der Waals surface area contributed by atoms with Crippen LogP contribution in [-0.2, 0) is 25.7 Å². The molecule has 1 amide bonds. The molecule has 1 aliphatic heterocycles. The number of fused-ring (bicyclic) bond motifs is 1. The van der Waals surface area contributed by atoms with Crippen molar-refractivity contribution >= 4 is 17.6 Å². The Labute approximate surface area is 110 Å². The average Bonchev–Trinajstić information content (AvgIpc) is 2.56. The molecule has 0 aliphatic carbocycles. The van der Waals surface area contributed by atoms with Crippen LogP contribution in [-0.4, -0.2) is 35.8 Å². The van der Waals surface area contributed by atoms with Gasteiger partial charge in [0.15, 0.2) is 12.2 Å². The van der Waals surface area contributed by atoms with Gasteiger partial charge < -0.3 is 19.9 Å². The number of rotatable bonds is 3. The first kappa shape index (κ1) is 13.5. The molecule has 6 heteroatoms. The fourth-order valence-corrected chi connectivity index (χ4v) is 1.81. The standard InChI is InChI=1S/C13H15NO5/c1-2-18-13(17)10(15)11-12(16)14-9-6-4-3-5-8(9)7-19-11/h3-6,10-11,15H,2,7H2,1H3,(H,14,16). The van der Waals surface area contributed by atoms with Gasteiger partial charge >= 0.3 is 5.97 Å². The Bertz CT molecular complexity index is 488. The van der Waals surface area contributed by atoms with Gasteiger partial charge in [-0.25, -0.2) is 4.79 Å². The van der Waals surface area contributed by atoms with E-state index in [0.717, 1.165) is 5.56 Å². The maximum absolute atomic E-state index is 11.9. The van der Waals surface area contributed by atoms with Crippen LogP contribution in [0, 0.1) is 0 Å². The second-order valence-electron chi connectivity index (χ2n) is 4.07. The van der Waals surface area contributed by atoms with Crippen LogP contribution in [0.1, 0.15) is 12.5 Å². The smallest absolute Gasteiger partial charge is 0.338 e. The molecule has 0 aromatic heterocycles. The Balaban J connectivity index is 2.14. The molecule has 6 nitrogen and oxygen atoms in total. The molecule has 1 aliphatic rings. The lowest BCUT2D eigenvalue weighted by atomic mass is 10.2. The van der Waals surface area contributed by atoms with Crippen LogP contribution >= 0.6 is 0 Å². The predicted octanol–water partition coefficient (Wildman–Crippen LogP) is 0.448. The van der Waals surface area contributed by atoms with Gasteiger partial charge in [0.1, 0.15) is 0 Å². The lowest BCUT2D eigenvalue weighted by Crippen LogP contribution is -2.44. The maximum Gasteiger partial charge on any atom is 0.338 e. The van der Waals surface area contributed by atoms with E-state index >= 15 is 0 Å². The largest absolute Gasteiger partial charge is 0.464 e. The van der Waals surface area contributed by atoms with Crippen molar-refractivity contribution in [3.05, 3.63) is 29.8 Å². The Hall–Kier alpha value is -1.92. The number of benzene rings is 1. The summed E-state index contributed by atoms with van der Waals surface area (Å²) in [5, 5.41) is 12.4. The third kappa shape index (κ3) is 2.91. The van der Waals surface area contributed by atoms with E-state index < -0.39 is 24.1 Å². The van der Waals surface area contributed by atoms with Gasteiger partial charge in [0, 0.05) is 11.3 Å². The number of hydrogen-bond acceptors (Lipinski definition) is 5. The van der Waals surface area contributed by atoms with E-state index in [2.05, 4.69) is 10.1 Å². The molecule has 19 heavy (non-hydrogen) atoms. The van der Waals surface area contributed by atoms with Crippen molar-refractivity contribution in [2.45, 2.75) is 25.7 Å². The number of carbonyl (C=O) groups excluding carboxylic acids is 2. The summed E-state index contributed by atoms with van der Waals surface area (Å²) in [4.78, 5) is 23.4. The van der Waals surface area contributed by atoms with Crippen LogP contribution in [0.2, 0.25) is 0 Å². The minimum absolute atomic E-state index is 0.129. The van der Waals surface area contributed by atoms with Gasteiger partial charge in [-0.15, -0.1) is 0 Å². The fraction of sp³-hybridized carbons (Fsp3) is 0.385. The normalized spacial score (nSPS) is 19.9. The van der Waals surface area contributed by atoms with Gasteiger partial charge in [-0.1, -0.05) is 18.2 Å². The second kappa shape index (κ2) is 5.81. The van der Waals surface area contributed by atoms with Crippen molar-refractivity contribution in [1.29, 1.82) is 0 Å². The molecule has 0 spiro atoms. The van der Waals surface area contributed by atoms with Crippen molar-refractivity contribution in [2.24, 2.45) is 0 Å². The molecule has 2 unspecified atom stereocenters. The van der Waals surface area contributed by atoms with E-state index in [1.807, 2.05) is 6.07 Å². The first-order valence-corrected chi connectivity index (χ1v) is 5.98. The zero-order valence-corrected chi connectivity index (χ0v) is 10.5. The SMILES string of the molecule is CCOC(=O)C(O)C1OCc2ccccc2NC1=O. The lowest BCUT2D eigenvalue weighted by Gasteiger charge is -2.18. The molecule has 0 saturated heterocycles. The molecular weight excluding hydrogens is 250 g/mol. The van der Waals surface area contributed by atoms with Crippen molar-refractivity contribution in [3.8, 4) is 0 Å². The monoisotopic (exact) mass is 265 g/mol. The highest BCUT2D eigenvalue weighted by Crippen LogP contribution is 2.22. The number of nitrogens with one attached hydrogen (secondary N) is 1. The summed E-state index contributed by atoms with van der Waals surface area (Å²) in [6, 6.07) is 7.13. The summed E-state index contributed by atoms with van der Waals surface area (Å²) in [6.45, 7) is 1.88. The van der Waals surface area contributed by atoms with Crippen LogP contribution < -0.4 is 5.32 Å². The Morgan fingerprint density at radius 2 is 2.32 bits per heavy atom. The quantitative estimate of drug-likeness (QED) is 0.775. The molecule has 2 N–H and O–H groups in total. The van der Waals surface area contributed by atoms with Gasteiger partial charge in [-0.2, -0.15) is 0 Å². The van der Waals surface area contributed by atoms with Crippen LogP contribution in [0.3, 0.4) is 0 Å². The number of esters is 1. The number of amides is 1. The van der Waals surface area contributed by atoms with Gasteiger partial charge in [0.05, 0.1) is 13.2 Å². The highest BCUT2D eigenvalue weighted by molar-refractivity contribution is 5.98. The van der Waals surface area contributed by atoms with Crippen molar-refractivity contribution in [2.75, 3.05) is 11.9 Å². The zero-order valence-electron chi connectivity index (χ0n) is 10.5. The van der Waals surface area contributed by atoms with Gasteiger partial charge in [0.25, 0.3) is 5.91 Å². The second-order valence-corrected chi connectivity index (χ2v) is 4.07. The molecular formula is C13H15NO5. The summed E-state index contributed by atoms with van der Waals surface area (Å²) in [5.74, 6) is -1.43. The molecule has 1 heterocycles. The number of anilines is 1. The molecule has 0 radical (unpaired) electrons. The van der Waals surface area contributed by atoms with Gasteiger partial charge in [0.2, 0.25) is 0 Å². The minimum Gasteiger partial charge on any atom is -0.464 e. The molecule has 1 aromatic rings. The van der Waals surface area contributed by atoms with E-state index in [1.54, 1.807) is 25.1 Å². The molecule has 102 valence electrons. The summed E-state index contributed by atoms with van der Waals surface area (Å²) in [6.07, 6.45) is -2.90. The van der Waals surface area contributed by atoms with E-state index in [4.69, 9.17) is 4.74 Å². The number of aliphatic hydroxyl groups excluding tert-OH is 1. The van der Waals surface area contributed by atoms with Gasteiger partial charge in [-0.05, 0) is 13.0 Å². The highest BCUT2D eigenvalue weighted by atomic mass is 16.6. The fourth-order valence-electron chi connectivity index (χ4n) is 1.81. The van der Waals surface area contributed by atoms with Crippen LogP contribution in [0.25, 0.3) is 0 Å². The molecule has 1 aromatic carbocycles. The van der Waals surface area contributed by atoms with Crippen LogP contribution in [0.15, 0.2) is 24.3 Å². The van der Waals surface area contributed by atoms with Crippen LogP contribution in [0.5, 0.6) is 0 Å². The highest BCUT2D eigenvalue weighted by Gasteiger charge is 2.36. The first-order valence-electron chi connectivity index (χ1n) is 5.98. The molecule has 0 fully saturated rings. The third-order valence-corrected chi connectivity index (χ3v) is 2.77. The molecule has 0 bridgehead atoms. The summed E-state index contributed by atoms with van der Waals surface area (Å²) in [5.41, 5.74) is 1.40. The lowest BCUT2D eigenvalue weighted by molar-refractivity contribution is -0.166. The summed E-state index contributed by atoms with van der Waals surface area (Å²) in [7, 11) is 0. The Kier molecular flexibility index (Phi) is 4.13. The molecule has 2 rings (SSSR count). The number of hydrogen-bond donors (Lipinski definition) is 2. The van der Waals surface area contributed by atoms with Crippen molar-refractivity contribution in [3.63, 3.8) is 0 Å². The minimum atomic E-state index is -1.63. The third-order valence-electron chi connectivity index (χ3n) is 2.77. The number of para-hydroxylation sites is 1. The van der Waals surface area contributed by atoms with Crippen LogP contribution in [0.4, 0.5) is 5.69 Å².